The Morgan fingerprint density at radius 2 is 2.11 bits per heavy atom. The van der Waals surface area contributed by atoms with Gasteiger partial charge < -0.3 is 10.6 Å². The minimum absolute atomic E-state index is 0.0717. The van der Waals surface area contributed by atoms with Crippen LogP contribution in [0.1, 0.15) is 19.8 Å². The molecule has 1 aromatic rings. The van der Waals surface area contributed by atoms with Gasteiger partial charge in [0.2, 0.25) is 5.91 Å². The largest absolute Gasteiger partial charge is 0.326 e. The average Bonchev–Trinajstić information content (AvgIpc) is 2.35. The molecule has 1 fully saturated rings. The summed E-state index contributed by atoms with van der Waals surface area (Å²) in [5.41, 5.74) is 0.457. The molecule has 98 valence electrons. The summed E-state index contributed by atoms with van der Waals surface area (Å²) in [6.07, 6.45) is 1.73. The van der Waals surface area contributed by atoms with Crippen molar-refractivity contribution in [3.63, 3.8) is 0 Å². The van der Waals surface area contributed by atoms with Gasteiger partial charge in [0.1, 0.15) is 0 Å². The van der Waals surface area contributed by atoms with E-state index in [9.17, 15) is 4.79 Å². The smallest absolute Gasteiger partial charge is 0.230 e. The summed E-state index contributed by atoms with van der Waals surface area (Å²) in [6, 6.07) is 5.44. The summed E-state index contributed by atoms with van der Waals surface area (Å²) in [5.74, 6) is 0.0717. The van der Waals surface area contributed by atoms with Crippen LogP contribution in [0.5, 0.6) is 0 Å². The number of carbonyl (C=O) groups excluding carboxylic acids is 1. The molecule has 1 heterocycles. The second kappa shape index (κ2) is 5.59. The van der Waals surface area contributed by atoms with Crippen molar-refractivity contribution in [1.82, 2.24) is 5.32 Å². The van der Waals surface area contributed by atoms with Gasteiger partial charge in [-0.15, -0.1) is 0 Å². The van der Waals surface area contributed by atoms with Crippen molar-refractivity contribution in [3.8, 4) is 0 Å². The summed E-state index contributed by atoms with van der Waals surface area (Å²) in [4.78, 5) is 12.3. The molecule has 0 aliphatic carbocycles. The second-order valence-corrected chi connectivity index (χ2v) is 6.16. The molecule has 0 atom stereocenters. The minimum atomic E-state index is -0.287. The molecule has 0 spiro atoms. The van der Waals surface area contributed by atoms with Crippen LogP contribution in [0, 0.1) is 5.41 Å². The van der Waals surface area contributed by atoms with Crippen molar-refractivity contribution < 1.29 is 4.79 Å². The van der Waals surface area contributed by atoms with E-state index in [0.717, 1.165) is 36.1 Å². The van der Waals surface area contributed by atoms with Gasteiger partial charge in [-0.25, -0.2) is 0 Å². The Morgan fingerprint density at radius 3 is 2.72 bits per heavy atom. The predicted molar refractivity (Wildman–Crippen MR) is 78.0 cm³/mol. The monoisotopic (exact) mass is 330 g/mol. The Bertz CT molecular complexity index is 458. The number of piperidine rings is 1. The highest BCUT2D eigenvalue weighted by Crippen LogP contribution is 2.31. The van der Waals surface area contributed by atoms with Gasteiger partial charge in [0.25, 0.3) is 0 Å². The Kier molecular flexibility index (Phi) is 4.30. The topological polar surface area (TPSA) is 41.1 Å². The quantitative estimate of drug-likeness (QED) is 0.871. The lowest BCUT2D eigenvalue weighted by Crippen LogP contribution is -2.42. The number of rotatable bonds is 2. The van der Waals surface area contributed by atoms with Crippen molar-refractivity contribution in [1.29, 1.82) is 0 Å². The number of hydrogen-bond donors (Lipinski definition) is 2. The standard InChI is InChI=1S/C13H16BrClN2O/c1-13(4-6-16-7-5-13)12(18)17-9-2-3-10(14)11(15)8-9/h2-3,8,16H,4-7H2,1H3,(H,17,18). The minimum Gasteiger partial charge on any atom is -0.326 e. The van der Waals surface area contributed by atoms with Crippen LogP contribution in [0.15, 0.2) is 22.7 Å². The Labute approximate surface area is 120 Å². The molecule has 1 aromatic carbocycles. The number of hydrogen-bond acceptors (Lipinski definition) is 2. The van der Waals surface area contributed by atoms with Crippen LogP contribution in [0.2, 0.25) is 5.02 Å². The van der Waals surface area contributed by atoms with Crippen molar-refractivity contribution in [2.45, 2.75) is 19.8 Å². The SMILES string of the molecule is CC1(C(=O)Nc2ccc(Br)c(Cl)c2)CCNCC1. The summed E-state index contributed by atoms with van der Waals surface area (Å²) >= 11 is 9.34. The molecule has 0 unspecified atom stereocenters. The number of halogens is 2. The molecule has 0 radical (unpaired) electrons. The maximum absolute atomic E-state index is 12.3. The highest BCUT2D eigenvalue weighted by molar-refractivity contribution is 9.10. The van der Waals surface area contributed by atoms with Crippen molar-refractivity contribution in [2.24, 2.45) is 5.41 Å². The van der Waals surface area contributed by atoms with Crippen molar-refractivity contribution in [2.75, 3.05) is 18.4 Å². The van der Waals surface area contributed by atoms with E-state index in [1.807, 2.05) is 19.1 Å². The van der Waals surface area contributed by atoms with E-state index in [1.165, 1.54) is 0 Å². The summed E-state index contributed by atoms with van der Waals surface area (Å²) in [6.45, 7) is 3.81. The number of anilines is 1. The van der Waals surface area contributed by atoms with E-state index in [1.54, 1.807) is 6.07 Å². The molecule has 0 aromatic heterocycles. The average molecular weight is 332 g/mol. The molecule has 2 N–H and O–H groups in total. The van der Waals surface area contributed by atoms with Crippen LogP contribution in [0.25, 0.3) is 0 Å². The lowest BCUT2D eigenvalue weighted by molar-refractivity contribution is -0.126. The maximum atomic E-state index is 12.3. The van der Waals surface area contributed by atoms with Gasteiger partial charge in [-0.05, 0) is 60.1 Å². The first kappa shape index (κ1) is 13.8. The van der Waals surface area contributed by atoms with Crippen LogP contribution in [0.3, 0.4) is 0 Å². The third-order valence-electron chi connectivity index (χ3n) is 3.43. The highest BCUT2D eigenvalue weighted by Gasteiger charge is 2.34. The number of amides is 1. The van der Waals surface area contributed by atoms with Crippen molar-refractivity contribution >= 4 is 39.1 Å². The molecule has 0 saturated carbocycles. The molecular weight excluding hydrogens is 316 g/mol. The maximum Gasteiger partial charge on any atom is 0.230 e. The highest BCUT2D eigenvalue weighted by atomic mass is 79.9. The van der Waals surface area contributed by atoms with E-state index in [0.29, 0.717) is 5.02 Å². The molecule has 1 aliphatic rings. The molecule has 1 amide bonds. The van der Waals surface area contributed by atoms with Crippen LogP contribution in [-0.2, 0) is 4.79 Å². The lowest BCUT2D eigenvalue weighted by Gasteiger charge is -2.32. The van der Waals surface area contributed by atoms with Gasteiger partial charge in [0.05, 0.1) is 5.02 Å². The first-order chi connectivity index (χ1) is 8.51. The van der Waals surface area contributed by atoms with Gasteiger partial charge in [-0.3, -0.25) is 4.79 Å². The van der Waals surface area contributed by atoms with Gasteiger partial charge in [-0.1, -0.05) is 18.5 Å². The summed E-state index contributed by atoms with van der Waals surface area (Å²) in [5, 5.41) is 6.82. The first-order valence-electron chi connectivity index (χ1n) is 5.98. The van der Waals surface area contributed by atoms with Gasteiger partial charge in [0.15, 0.2) is 0 Å². The molecular formula is C13H16BrClN2O. The number of nitrogens with one attached hydrogen (secondary N) is 2. The third kappa shape index (κ3) is 3.05. The van der Waals surface area contributed by atoms with E-state index >= 15 is 0 Å². The van der Waals surface area contributed by atoms with Crippen LogP contribution in [-0.4, -0.2) is 19.0 Å². The molecule has 2 rings (SSSR count). The molecule has 5 heteroatoms. The normalized spacial score (nSPS) is 18.4. The number of benzene rings is 1. The summed E-state index contributed by atoms with van der Waals surface area (Å²) in [7, 11) is 0. The molecule has 3 nitrogen and oxygen atoms in total. The van der Waals surface area contributed by atoms with E-state index in [-0.39, 0.29) is 11.3 Å². The van der Waals surface area contributed by atoms with Crippen LogP contribution < -0.4 is 10.6 Å². The Hall–Kier alpha value is -0.580. The van der Waals surface area contributed by atoms with Gasteiger partial charge >= 0.3 is 0 Å². The zero-order valence-electron chi connectivity index (χ0n) is 10.2. The van der Waals surface area contributed by atoms with Crippen LogP contribution >= 0.6 is 27.5 Å². The van der Waals surface area contributed by atoms with Crippen molar-refractivity contribution in [3.05, 3.63) is 27.7 Å². The second-order valence-electron chi connectivity index (χ2n) is 4.89. The molecule has 1 saturated heterocycles. The molecule has 0 bridgehead atoms. The molecule has 18 heavy (non-hydrogen) atoms. The Balaban J connectivity index is 2.08. The lowest BCUT2D eigenvalue weighted by atomic mass is 9.80. The van der Waals surface area contributed by atoms with Gasteiger partial charge in [0, 0.05) is 15.6 Å². The van der Waals surface area contributed by atoms with E-state index in [2.05, 4.69) is 26.6 Å². The first-order valence-corrected chi connectivity index (χ1v) is 7.16. The molecule has 1 aliphatic heterocycles. The zero-order chi connectivity index (χ0) is 13.2. The predicted octanol–water partition coefficient (Wildman–Crippen LogP) is 3.43. The Morgan fingerprint density at radius 1 is 1.44 bits per heavy atom. The van der Waals surface area contributed by atoms with E-state index in [4.69, 9.17) is 11.6 Å². The summed E-state index contributed by atoms with van der Waals surface area (Å²) < 4.78 is 0.829. The fourth-order valence-electron chi connectivity index (χ4n) is 2.06. The fraction of sp³-hybridized carbons (Fsp3) is 0.462. The van der Waals surface area contributed by atoms with Gasteiger partial charge in [-0.2, -0.15) is 0 Å². The number of carbonyl (C=O) groups is 1. The fourth-order valence-corrected chi connectivity index (χ4v) is 2.49. The van der Waals surface area contributed by atoms with Crippen LogP contribution in [0.4, 0.5) is 5.69 Å². The third-order valence-corrected chi connectivity index (χ3v) is 4.67. The van der Waals surface area contributed by atoms with E-state index < -0.39 is 0 Å². The zero-order valence-corrected chi connectivity index (χ0v) is 12.6.